The first-order valence-corrected chi connectivity index (χ1v) is 11.0. The summed E-state index contributed by atoms with van der Waals surface area (Å²) in [5.74, 6) is -0.842. The van der Waals surface area contributed by atoms with Crippen molar-refractivity contribution >= 4 is 17.0 Å². The number of imidazole rings is 1. The van der Waals surface area contributed by atoms with Crippen molar-refractivity contribution < 1.29 is 18.3 Å². The molecular formula is C22H28F2N6O2. The fourth-order valence-electron chi connectivity index (χ4n) is 3.53. The SMILES string of the molecule is CCCCOc1nc(NCc2c(F)cccc2F)c2ncn(CCN3CCOCC3)c2n1. The molecule has 1 aromatic carbocycles. The molecule has 0 atom stereocenters. The van der Waals surface area contributed by atoms with Crippen molar-refractivity contribution in [2.24, 2.45) is 0 Å². The lowest BCUT2D eigenvalue weighted by molar-refractivity contribution is 0.0365. The molecule has 3 aromatic rings. The monoisotopic (exact) mass is 446 g/mol. The Labute approximate surface area is 185 Å². The maximum atomic E-state index is 14.1. The van der Waals surface area contributed by atoms with Gasteiger partial charge in [0.05, 0.1) is 26.1 Å². The first-order valence-electron chi connectivity index (χ1n) is 11.0. The number of hydrogen-bond donors (Lipinski definition) is 1. The molecule has 1 N–H and O–H groups in total. The summed E-state index contributed by atoms with van der Waals surface area (Å²) in [6, 6.07) is 4.02. The van der Waals surface area contributed by atoms with Gasteiger partial charge in [0, 0.05) is 38.3 Å². The predicted octanol–water partition coefficient (Wildman–Crippen LogP) is 3.23. The lowest BCUT2D eigenvalue weighted by Gasteiger charge is -2.26. The molecule has 0 amide bonds. The Morgan fingerprint density at radius 1 is 1.12 bits per heavy atom. The number of morpholine rings is 1. The fraction of sp³-hybridized carbons (Fsp3) is 0.500. The van der Waals surface area contributed by atoms with Crippen LogP contribution in [-0.4, -0.2) is 63.9 Å². The number of nitrogens with one attached hydrogen (secondary N) is 1. The first kappa shape index (κ1) is 22.3. The summed E-state index contributed by atoms with van der Waals surface area (Å²) in [6.45, 7) is 7.31. The van der Waals surface area contributed by atoms with Crippen molar-refractivity contribution in [1.29, 1.82) is 0 Å². The van der Waals surface area contributed by atoms with Crippen LogP contribution < -0.4 is 10.1 Å². The van der Waals surface area contributed by atoms with E-state index in [4.69, 9.17) is 9.47 Å². The van der Waals surface area contributed by atoms with Crippen LogP contribution in [0.4, 0.5) is 14.6 Å². The van der Waals surface area contributed by atoms with Crippen LogP contribution in [0, 0.1) is 11.6 Å². The number of nitrogens with zero attached hydrogens (tertiary/aromatic N) is 5. The van der Waals surface area contributed by atoms with E-state index in [0.717, 1.165) is 45.7 Å². The Kier molecular flexibility index (Phi) is 7.43. The molecule has 0 saturated carbocycles. The molecule has 0 unspecified atom stereocenters. The van der Waals surface area contributed by atoms with Crippen molar-refractivity contribution in [1.82, 2.24) is 24.4 Å². The predicted molar refractivity (Wildman–Crippen MR) is 117 cm³/mol. The van der Waals surface area contributed by atoms with E-state index in [-0.39, 0.29) is 18.1 Å². The molecule has 1 saturated heterocycles. The molecule has 32 heavy (non-hydrogen) atoms. The third kappa shape index (κ3) is 5.31. The van der Waals surface area contributed by atoms with Gasteiger partial charge in [-0.15, -0.1) is 0 Å². The van der Waals surface area contributed by atoms with Gasteiger partial charge in [-0.3, -0.25) is 4.90 Å². The fourth-order valence-corrected chi connectivity index (χ4v) is 3.53. The van der Waals surface area contributed by atoms with Gasteiger partial charge in [0.25, 0.3) is 0 Å². The van der Waals surface area contributed by atoms with Crippen LogP contribution in [0.5, 0.6) is 6.01 Å². The minimum atomic E-state index is -0.613. The minimum absolute atomic E-state index is 0.0561. The van der Waals surface area contributed by atoms with Crippen molar-refractivity contribution in [3.8, 4) is 6.01 Å². The second-order valence-electron chi connectivity index (χ2n) is 7.67. The van der Waals surface area contributed by atoms with Gasteiger partial charge < -0.3 is 19.4 Å². The third-order valence-electron chi connectivity index (χ3n) is 5.43. The summed E-state index contributed by atoms with van der Waals surface area (Å²) in [4.78, 5) is 15.8. The van der Waals surface area contributed by atoms with Crippen molar-refractivity contribution in [2.75, 3.05) is 44.8 Å². The highest BCUT2D eigenvalue weighted by molar-refractivity contribution is 5.83. The Balaban J connectivity index is 1.57. The molecule has 172 valence electrons. The summed E-state index contributed by atoms with van der Waals surface area (Å²) in [5.41, 5.74) is 1.10. The lowest BCUT2D eigenvalue weighted by Crippen LogP contribution is -2.38. The van der Waals surface area contributed by atoms with Crippen LogP contribution in [0.1, 0.15) is 25.3 Å². The highest BCUT2D eigenvalue weighted by Gasteiger charge is 2.17. The number of fused-ring (bicyclic) bond motifs is 1. The van der Waals surface area contributed by atoms with E-state index >= 15 is 0 Å². The number of aromatic nitrogens is 4. The zero-order valence-electron chi connectivity index (χ0n) is 18.2. The van der Waals surface area contributed by atoms with Crippen molar-refractivity contribution in [3.63, 3.8) is 0 Å². The Morgan fingerprint density at radius 2 is 1.91 bits per heavy atom. The van der Waals surface area contributed by atoms with Crippen molar-refractivity contribution in [2.45, 2.75) is 32.9 Å². The van der Waals surface area contributed by atoms with Crippen LogP contribution >= 0.6 is 0 Å². The highest BCUT2D eigenvalue weighted by Crippen LogP contribution is 2.23. The second-order valence-corrected chi connectivity index (χ2v) is 7.67. The van der Waals surface area contributed by atoms with Gasteiger partial charge in [-0.2, -0.15) is 9.97 Å². The standard InChI is InChI=1S/C22H28F2N6O2/c1-2-3-11-32-22-27-20(25-14-16-17(23)5-4-6-18(16)24)19-21(28-22)30(15-26-19)8-7-29-9-12-31-13-10-29/h4-6,15H,2-3,7-14H2,1H3,(H,25,27,28). The maximum Gasteiger partial charge on any atom is 0.320 e. The summed E-state index contributed by atoms with van der Waals surface area (Å²) in [7, 11) is 0. The van der Waals surface area contributed by atoms with E-state index in [0.29, 0.717) is 30.1 Å². The molecule has 1 fully saturated rings. The van der Waals surface area contributed by atoms with E-state index < -0.39 is 11.6 Å². The Morgan fingerprint density at radius 3 is 2.66 bits per heavy atom. The van der Waals surface area contributed by atoms with E-state index in [2.05, 4.69) is 32.1 Å². The molecule has 8 nitrogen and oxygen atoms in total. The van der Waals surface area contributed by atoms with Crippen LogP contribution in [0.2, 0.25) is 0 Å². The summed E-state index contributed by atoms with van der Waals surface area (Å²) in [6.07, 6.45) is 3.57. The second kappa shape index (κ2) is 10.6. The third-order valence-corrected chi connectivity index (χ3v) is 5.43. The lowest BCUT2D eigenvalue weighted by atomic mass is 10.2. The summed E-state index contributed by atoms with van der Waals surface area (Å²) < 4.78 is 41.2. The van der Waals surface area contributed by atoms with Gasteiger partial charge in [0.1, 0.15) is 11.6 Å². The van der Waals surface area contributed by atoms with Gasteiger partial charge in [-0.05, 0) is 18.6 Å². The molecular weight excluding hydrogens is 418 g/mol. The van der Waals surface area contributed by atoms with E-state index in [1.54, 1.807) is 6.33 Å². The van der Waals surface area contributed by atoms with Gasteiger partial charge in [-0.25, -0.2) is 13.8 Å². The van der Waals surface area contributed by atoms with Gasteiger partial charge in [-0.1, -0.05) is 19.4 Å². The van der Waals surface area contributed by atoms with Crippen LogP contribution in [-0.2, 0) is 17.8 Å². The summed E-state index contributed by atoms with van der Waals surface area (Å²) in [5, 5.41) is 3.02. The van der Waals surface area contributed by atoms with E-state index in [1.165, 1.54) is 18.2 Å². The Bertz CT molecular complexity index is 1020. The van der Waals surface area contributed by atoms with Crippen LogP contribution in [0.15, 0.2) is 24.5 Å². The average molecular weight is 447 g/mol. The molecule has 4 rings (SSSR count). The molecule has 1 aliphatic rings. The smallest absolute Gasteiger partial charge is 0.320 e. The molecule has 0 aliphatic carbocycles. The molecule has 1 aliphatic heterocycles. The normalized spacial score (nSPS) is 14.7. The Hall–Kier alpha value is -2.85. The molecule has 0 radical (unpaired) electrons. The highest BCUT2D eigenvalue weighted by atomic mass is 19.1. The zero-order valence-corrected chi connectivity index (χ0v) is 18.2. The van der Waals surface area contributed by atoms with Crippen molar-refractivity contribution in [3.05, 3.63) is 41.7 Å². The number of rotatable bonds is 10. The average Bonchev–Trinajstić information content (AvgIpc) is 3.21. The largest absolute Gasteiger partial charge is 0.463 e. The molecule has 2 aromatic heterocycles. The maximum absolute atomic E-state index is 14.1. The van der Waals surface area contributed by atoms with E-state index in [9.17, 15) is 8.78 Å². The van der Waals surface area contributed by atoms with Gasteiger partial charge in [0.15, 0.2) is 17.0 Å². The zero-order chi connectivity index (χ0) is 22.3. The molecule has 0 spiro atoms. The number of ether oxygens (including phenoxy) is 2. The molecule has 0 bridgehead atoms. The van der Waals surface area contributed by atoms with E-state index in [1.807, 2.05) is 4.57 Å². The summed E-state index contributed by atoms with van der Waals surface area (Å²) >= 11 is 0. The van der Waals surface area contributed by atoms with Crippen LogP contribution in [0.3, 0.4) is 0 Å². The van der Waals surface area contributed by atoms with Gasteiger partial charge in [0.2, 0.25) is 0 Å². The number of hydrogen-bond acceptors (Lipinski definition) is 7. The minimum Gasteiger partial charge on any atom is -0.463 e. The molecule has 10 heteroatoms. The number of benzene rings is 1. The number of anilines is 1. The number of halogens is 2. The quantitative estimate of drug-likeness (QED) is 0.479. The topological polar surface area (TPSA) is 77.3 Å². The first-order chi connectivity index (χ1) is 15.7. The van der Waals surface area contributed by atoms with Gasteiger partial charge >= 0.3 is 6.01 Å². The number of unbranched alkanes of at least 4 members (excludes halogenated alkanes) is 1. The molecule has 3 heterocycles. The van der Waals surface area contributed by atoms with Crippen LogP contribution in [0.25, 0.3) is 11.2 Å².